The van der Waals surface area contributed by atoms with Gasteiger partial charge in [0.1, 0.15) is 5.69 Å². The number of pyridine rings is 1. The van der Waals surface area contributed by atoms with Crippen molar-refractivity contribution in [2.75, 3.05) is 27.3 Å². The molecular weight excluding hydrogens is 242 g/mol. The van der Waals surface area contributed by atoms with Gasteiger partial charge in [-0.3, -0.25) is 9.88 Å². The second-order valence-electron chi connectivity index (χ2n) is 5.19. The summed E-state index contributed by atoms with van der Waals surface area (Å²) >= 11 is 0. The Kier molecular flexibility index (Phi) is 3.08. The lowest BCUT2D eigenvalue weighted by molar-refractivity contribution is -0.124. The van der Waals surface area contributed by atoms with Crippen LogP contribution in [0.15, 0.2) is 35.0 Å². The summed E-state index contributed by atoms with van der Waals surface area (Å²) in [6.45, 7) is 1.48. The molecule has 0 aromatic carbocycles. The van der Waals surface area contributed by atoms with Gasteiger partial charge in [0.25, 0.3) is 0 Å². The lowest BCUT2D eigenvalue weighted by Gasteiger charge is -2.46. The third-order valence-electron chi connectivity index (χ3n) is 3.68. The Balaban J connectivity index is 1.79. The molecule has 0 amide bonds. The van der Waals surface area contributed by atoms with E-state index in [0.717, 1.165) is 31.0 Å². The molecule has 19 heavy (non-hydrogen) atoms. The highest BCUT2D eigenvalue weighted by Crippen LogP contribution is 2.28. The van der Waals surface area contributed by atoms with Crippen LogP contribution in [0.4, 0.5) is 0 Å². The number of rotatable bonds is 4. The summed E-state index contributed by atoms with van der Waals surface area (Å²) in [5, 5.41) is 4.14. The molecule has 100 valence electrons. The molecule has 0 atom stereocenters. The van der Waals surface area contributed by atoms with Gasteiger partial charge in [-0.05, 0) is 26.2 Å². The van der Waals surface area contributed by atoms with Crippen molar-refractivity contribution in [3.05, 3.63) is 36.2 Å². The smallest absolute Gasteiger partial charge is 0.185 e. The Hall–Kier alpha value is -1.72. The van der Waals surface area contributed by atoms with E-state index in [1.54, 1.807) is 6.20 Å². The van der Waals surface area contributed by atoms with Crippen LogP contribution in [-0.2, 0) is 11.2 Å². The Morgan fingerprint density at radius 3 is 2.74 bits per heavy atom. The van der Waals surface area contributed by atoms with Crippen LogP contribution < -0.4 is 0 Å². The topological polar surface area (TPSA) is 51.4 Å². The zero-order chi connectivity index (χ0) is 13.3. The van der Waals surface area contributed by atoms with Gasteiger partial charge in [-0.1, -0.05) is 11.2 Å². The first kappa shape index (κ1) is 12.3. The fourth-order valence-electron chi connectivity index (χ4n) is 2.22. The normalized spacial score (nSPS) is 17.4. The second kappa shape index (κ2) is 4.75. The van der Waals surface area contributed by atoms with Crippen molar-refractivity contribution in [1.29, 1.82) is 0 Å². The summed E-state index contributed by atoms with van der Waals surface area (Å²) in [6.07, 6.45) is 2.58. The number of hydrogen-bond donors (Lipinski definition) is 0. The zero-order valence-electron chi connectivity index (χ0n) is 11.2. The van der Waals surface area contributed by atoms with E-state index in [-0.39, 0.29) is 5.54 Å². The third kappa shape index (κ3) is 2.27. The van der Waals surface area contributed by atoms with Crippen LogP contribution in [0.2, 0.25) is 0 Å². The Morgan fingerprint density at radius 2 is 2.16 bits per heavy atom. The molecular formula is C14H17N3O2. The summed E-state index contributed by atoms with van der Waals surface area (Å²) < 4.78 is 10.7. The fourth-order valence-corrected chi connectivity index (χ4v) is 2.22. The second-order valence-corrected chi connectivity index (χ2v) is 5.19. The monoisotopic (exact) mass is 259 g/mol. The molecule has 2 aromatic rings. The summed E-state index contributed by atoms with van der Waals surface area (Å²) in [7, 11) is 4.14. The molecule has 5 nitrogen and oxygen atoms in total. The predicted octanol–water partition coefficient (Wildman–Crippen LogP) is 1.61. The molecule has 1 saturated heterocycles. The maximum atomic E-state index is 5.37. The van der Waals surface area contributed by atoms with Gasteiger partial charge in [0, 0.05) is 18.7 Å². The highest BCUT2D eigenvalue weighted by Gasteiger charge is 2.41. The van der Waals surface area contributed by atoms with Gasteiger partial charge in [0.2, 0.25) is 0 Å². The van der Waals surface area contributed by atoms with E-state index in [4.69, 9.17) is 9.26 Å². The van der Waals surface area contributed by atoms with Crippen molar-refractivity contribution in [1.82, 2.24) is 15.0 Å². The average Bonchev–Trinajstić information content (AvgIpc) is 2.83. The standard InChI is InChI=1S/C14H17N3O2/c1-17(2)14(9-18-10-14)8-11-7-13(19-16-11)12-5-3-4-6-15-12/h3-7H,8-10H2,1-2H3. The highest BCUT2D eigenvalue weighted by molar-refractivity contribution is 5.51. The number of likely N-dealkylation sites (N-methyl/N-ethyl adjacent to an activating group) is 1. The van der Waals surface area contributed by atoms with Crippen molar-refractivity contribution in [2.45, 2.75) is 12.0 Å². The van der Waals surface area contributed by atoms with Crippen LogP contribution in [0.5, 0.6) is 0 Å². The molecule has 0 radical (unpaired) electrons. The van der Waals surface area contributed by atoms with Crippen molar-refractivity contribution >= 4 is 0 Å². The lowest BCUT2D eigenvalue weighted by atomic mass is 9.90. The number of hydrogen-bond acceptors (Lipinski definition) is 5. The molecule has 0 unspecified atom stereocenters. The van der Waals surface area contributed by atoms with Crippen molar-refractivity contribution < 1.29 is 9.26 Å². The van der Waals surface area contributed by atoms with Gasteiger partial charge in [-0.2, -0.15) is 0 Å². The maximum Gasteiger partial charge on any atom is 0.185 e. The minimum atomic E-state index is 0.0538. The molecule has 0 aliphatic carbocycles. The molecule has 0 N–H and O–H groups in total. The van der Waals surface area contributed by atoms with E-state index in [2.05, 4.69) is 29.1 Å². The van der Waals surface area contributed by atoms with E-state index in [1.165, 1.54) is 0 Å². The molecule has 0 saturated carbocycles. The third-order valence-corrected chi connectivity index (χ3v) is 3.68. The molecule has 0 bridgehead atoms. The van der Waals surface area contributed by atoms with Gasteiger partial charge in [-0.25, -0.2) is 0 Å². The van der Waals surface area contributed by atoms with Gasteiger partial charge in [0.15, 0.2) is 5.76 Å². The number of aromatic nitrogens is 2. The van der Waals surface area contributed by atoms with Crippen LogP contribution in [0.3, 0.4) is 0 Å². The first-order valence-electron chi connectivity index (χ1n) is 6.32. The molecule has 3 rings (SSSR count). The first-order valence-corrected chi connectivity index (χ1v) is 6.32. The minimum Gasteiger partial charge on any atom is -0.377 e. The quantitative estimate of drug-likeness (QED) is 0.835. The summed E-state index contributed by atoms with van der Waals surface area (Å²) in [5.74, 6) is 0.713. The van der Waals surface area contributed by atoms with Crippen molar-refractivity contribution in [2.24, 2.45) is 0 Å². The molecule has 5 heteroatoms. The van der Waals surface area contributed by atoms with Gasteiger partial charge in [-0.15, -0.1) is 0 Å². The summed E-state index contributed by atoms with van der Waals surface area (Å²) in [5.41, 5.74) is 1.81. The van der Waals surface area contributed by atoms with E-state index in [1.807, 2.05) is 24.3 Å². The highest BCUT2D eigenvalue weighted by atomic mass is 16.5. The van der Waals surface area contributed by atoms with Crippen LogP contribution in [0.1, 0.15) is 5.69 Å². The van der Waals surface area contributed by atoms with Crippen LogP contribution >= 0.6 is 0 Å². The Morgan fingerprint density at radius 1 is 1.32 bits per heavy atom. The van der Waals surface area contributed by atoms with Gasteiger partial charge < -0.3 is 9.26 Å². The van der Waals surface area contributed by atoms with E-state index in [9.17, 15) is 0 Å². The molecule has 1 fully saturated rings. The van der Waals surface area contributed by atoms with E-state index < -0.39 is 0 Å². The van der Waals surface area contributed by atoms with Crippen molar-refractivity contribution in [3.8, 4) is 11.5 Å². The van der Waals surface area contributed by atoms with Crippen LogP contribution in [-0.4, -0.2) is 47.9 Å². The van der Waals surface area contributed by atoms with Crippen LogP contribution in [0.25, 0.3) is 11.5 Å². The SMILES string of the molecule is CN(C)C1(Cc2cc(-c3ccccn3)on2)COC1. The molecule has 0 spiro atoms. The molecule has 1 aliphatic heterocycles. The Labute approximate surface area is 112 Å². The van der Waals surface area contributed by atoms with Crippen molar-refractivity contribution in [3.63, 3.8) is 0 Å². The number of ether oxygens (including phenoxy) is 1. The van der Waals surface area contributed by atoms with E-state index in [0.29, 0.717) is 5.76 Å². The average molecular weight is 259 g/mol. The first-order chi connectivity index (χ1) is 9.20. The van der Waals surface area contributed by atoms with Crippen LogP contribution in [0, 0.1) is 0 Å². The summed E-state index contributed by atoms with van der Waals surface area (Å²) in [4.78, 5) is 6.46. The van der Waals surface area contributed by atoms with Gasteiger partial charge in [0.05, 0.1) is 24.4 Å². The lowest BCUT2D eigenvalue weighted by Crippen LogP contribution is -2.61. The van der Waals surface area contributed by atoms with Gasteiger partial charge >= 0.3 is 0 Å². The Bertz CT molecular complexity index is 547. The fraction of sp³-hybridized carbons (Fsp3) is 0.429. The predicted molar refractivity (Wildman–Crippen MR) is 70.7 cm³/mol. The zero-order valence-corrected chi connectivity index (χ0v) is 11.2. The largest absolute Gasteiger partial charge is 0.377 e. The molecule has 1 aliphatic rings. The molecule has 2 aromatic heterocycles. The molecule has 3 heterocycles. The maximum absolute atomic E-state index is 5.37. The van der Waals surface area contributed by atoms with E-state index >= 15 is 0 Å². The minimum absolute atomic E-state index is 0.0538. The number of nitrogens with zero attached hydrogens (tertiary/aromatic N) is 3. The summed E-state index contributed by atoms with van der Waals surface area (Å²) in [6, 6.07) is 7.70.